The Morgan fingerprint density at radius 1 is 1.15 bits per heavy atom. The molecule has 8 nitrogen and oxygen atoms in total. The van der Waals surface area contributed by atoms with Crippen molar-refractivity contribution in [3.8, 4) is 5.75 Å². The number of carbonyl (C=O) groups excluding carboxylic acids is 1. The van der Waals surface area contributed by atoms with Crippen LogP contribution in [0.3, 0.4) is 0 Å². The van der Waals surface area contributed by atoms with Crippen molar-refractivity contribution in [3.63, 3.8) is 0 Å². The monoisotopic (exact) mass is 475 g/mol. The number of hydrogen-bond acceptors (Lipinski definition) is 6. The van der Waals surface area contributed by atoms with Gasteiger partial charge in [0.2, 0.25) is 15.9 Å². The van der Waals surface area contributed by atoms with Gasteiger partial charge in [-0.15, -0.1) is 0 Å². The zero-order valence-electron chi connectivity index (χ0n) is 19.7. The Kier molecular flexibility index (Phi) is 8.47. The fraction of sp³-hybridized carbons (Fsp3) is 0.458. The minimum atomic E-state index is -3.65. The Morgan fingerprint density at radius 3 is 2.48 bits per heavy atom. The smallest absolute Gasteiger partial charge is 0.243 e. The highest BCUT2D eigenvalue weighted by Crippen LogP contribution is 2.24. The van der Waals surface area contributed by atoms with E-state index in [1.54, 1.807) is 26.0 Å². The van der Waals surface area contributed by atoms with Crippen LogP contribution in [0.2, 0.25) is 0 Å². The van der Waals surface area contributed by atoms with Crippen LogP contribution < -0.4 is 10.1 Å². The van der Waals surface area contributed by atoms with Crippen LogP contribution in [0.25, 0.3) is 0 Å². The van der Waals surface area contributed by atoms with Crippen molar-refractivity contribution in [2.45, 2.75) is 31.7 Å². The Bertz CT molecular complexity index is 1050. The average molecular weight is 476 g/mol. The number of likely N-dealkylation sites (N-methyl/N-ethyl adjacent to an activating group) is 1. The van der Waals surface area contributed by atoms with Crippen LogP contribution in [0, 0.1) is 13.8 Å². The van der Waals surface area contributed by atoms with Gasteiger partial charge < -0.3 is 14.8 Å². The molecule has 1 aliphatic heterocycles. The number of carbonyl (C=O) groups is 1. The molecule has 0 aromatic heterocycles. The maximum absolute atomic E-state index is 13.1. The second-order valence-electron chi connectivity index (χ2n) is 8.30. The first-order valence-corrected chi connectivity index (χ1v) is 12.5. The largest absolute Gasteiger partial charge is 0.492 e. The van der Waals surface area contributed by atoms with E-state index < -0.39 is 16.1 Å². The highest BCUT2D eigenvalue weighted by Gasteiger charge is 2.28. The van der Waals surface area contributed by atoms with Crippen molar-refractivity contribution < 1.29 is 22.7 Å². The molecule has 1 saturated heterocycles. The number of amides is 1. The quantitative estimate of drug-likeness (QED) is 0.600. The molecule has 1 atom stereocenters. The van der Waals surface area contributed by atoms with Crippen molar-refractivity contribution in [3.05, 3.63) is 53.6 Å². The molecule has 1 N–H and O–H groups in total. The van der Waals surface area contributed by atoms with E-state index in [0.29, 0.717) is 50.7 Å². The molecule has 1 heterocycles. The van der Waals surface area contributed by atoms with Crippen LogP contribution in [-0.4, -0.2) is 76.1 Å². The van der Waals surface area contributed by atoms with Gasteiger partial charge in [-0.1, -0.05) is 23.8 Å². The number of anilines is 1. The molecule has 2 aromatic rings. The summed E-state index contributed by atoms with van der Waals surface area (Å²) in [6, 6.07) is 12.4. The van der Waals surface area contributed by atoms with Gasteiger partial charge in [-0.05, 0) is 57.6 Å². The summed E-state index contributed by atoms with van der Waals surface area (Å²) >= 11 is 0. The summed E-state index contributed by atoms with van der Waals surface area (Å²) in [6.07, 6.45) is 0. The van der Waals surface area contributed by atoms with Gasteiger partial charge in [0.05, 0.1) is 24.2 Å². The van der Waals surface area contributed by atoms with E-state index >= 15 is 0 Å². The number of nitrogens with zero attached hydrogens (tertiary/aromatic N) is 2. The van der Waals surface area contributed by atoms with Crippen LogP contribution in [0.15, 0.2) is 47.4 Å². The minimum absolute atomic E-state index is 0.203. The average Bonchev–Trinajstić information content (AvgIpc) is 2.81. The molecule has 0 aliphatic carbocycles. The predicted octanol–water partition coefficient (Wildman–Crippen LogP) is 2.66. The SMILES string of the molecule is Cc1ccc(OCCN(C)[C@H](C)C(=O)Nc2ccc(C)c(S(=O)(=O)N3CCOCC3)c2)cc1. The first-order valence-electron chi connectivity index (χ1n) is 11.1. The number of benzene rings is 2. The normalized spacial score (nSPS) is 15.9. The summed E-state index contributed by atoms with van der Waals surface area (Å²) < 4.78 is 38.6. The molecule has 0 spiro atoms. The molecule has 0 bridgehead atoms. The Balaban J connectivity index is 1.59. The van der Waals surface area contributed by atoms with Crippen molar-refractivity contribution >= 4 is 21.6 Å². The van der Waals surface area contributed by atoms with Gasteiger partial charge in [0, 0.05) is 25.3 Å². The third-order valence-corrected chi connectivity index (χ3v) is 7.86. The maximum Gasteiger partial charge on any atom is 0.243 e. The molecule has 180 valence electrons. The molecule has 0 unspecified atom stereocenters. The summed E-state index contributed by atoms with van der Waals surface area (Å²) in [5.74, 6) is 0.575. The highest BCUT2D eigenvalue weighted by molar-refractivity contribution is 7.89. The fourth-order valence-corrected chi connectivity index (χ4v) is 5.12. The standard InChI is InChI=1S/C24H33N3O5S/c1-18-5-9-22(10-6-18)32-16-11-26(4)20(3)24(28)25-21-8-7-19(2)23(17-21)33(29,30)27-12-14-31-15-13-27/h5-10,17,20H,11-16H2,1-4H3,(H,25,28)/t20-/m1/s1. The van der Waals surface area contributed by atoms with Crippen LogP contribution in [0.4, 0.5) is 5.69 Å². The number of sulfonamides is 1. The number of ether oxygens (including phenoxy) is 2. The van der Waals surface area contributed by atoms with Crippen molar-refractivity contribution in [2.75, 3.05) is 51.8 Å². The Hall–Kier alpha value is -2.46. The van der Waals surface area contributed by atoms with E-state index in [2.05, 4.69) is 5.32 Å². The zero-order valence-corrected chi connectivity index (χ0v) is 20.5. The second-order valence-corrected chi connectivity index (χ2v) is 10.2. The molecule has 33 heavy (non-hydrogen) atoms. The number of morpholine rings is 1. The van der Waals surface area contributed by atoms with Gasteiger partial charge in [0.15, 0.2) is 0 Å². The van der Waals surface area contributed by atoms with Gasteiger partial charge >= 0.3 is 0 Å². The predicted molar refractivity (Wildman–Crippen MR) is 128 cm³/mol. The lowest BCUT2D eigenvalue weighted by Gasteiger charge is -2.27. The maximum atomic E-state index is 13.1. The highest BCUT2D eigenvalue weighted by atomic mass is 32.2. The molecule has 0 radical (unpaired) electrons. The summed E-state index contributed by atoms with van der Waals surface area (Å²) in [5, 5.41) is 2.85. The molecule has 2 aromatic carbocycles. The van der Waals surface area contributed by atoms with E-state index in [0.717, 1.165) is 5.75 Å². The fourth-order valence-electron chi connectivity index (χ4n) is 3.46. The van der Waals surface area contributed by atoms with Crippen LogP contribution in [0.1, 0.15) is 18.1 Å². The van der Waals surface area contributed by atoms with Gasteiger partial charge in [0.25, 0.3) is 0 Å². The molecule has 1 fully saturated rings. The molecular formula is C24H33N3O5S. The third-order valence-electron chi connectivity index (χ3n) is 5.82. The topological polar surface area (TPSA) is 88.2 Å². The minimum Gasteiger partial charge on any atom is -0.492 e. The van der Waals surface area contributed by atoms with Gasteiger partial charge in [-0.3, -0.25) is 9.69 Å². The molecule has 0 saturated carbocycles. The third kappa shape index (κ3) is 6.54. The molecule has 3 rings (SSSR count). The van der Waals surface area contributed by atoms with E-state index in [1.807, 2.05) is 43.1 Å². The number of hydrogen-bond donors (Lipinski definition) is 1. The van der Waals surface area contributed by atoms with Crippen LogP contribution in [-0.2, 0) is 19.6 Å². The van der Waals surface area contributed by atoms with E-state index in [-0.39, 0.29) is 10.8 Å². The molecule has 1 amide bonds. The zero-order chi connectivity index (χ0) is 24.0. The van der Waals surface area contributed by atoms with Gasteiger partial charge in [-0.25, -0.2) is 8.42 Å². The number of rotatable bonds is 9. The van der Waals surface area contributed by atoms with E-state index in [1.165, 1.54) is 15.9 Å². The van der Waals surface area contributed by atoms with Gasteiger partial charge in [-0.2, -0.15) is 4.31 Å². The summed E-state index contributed by atoms with van der Waals surface area (Å²) in [6.45, 7) is 8.00. The van der Waals surface area contributed by atoms with Gasteiger partial charge in [0.1, 0.15) is 12.4 Å². The molecule has 9 heteroatoms. The first-order chi connectivity index (χ1) is 15.7. The second kappa shape index (κ2) is 11.1. The molecular weight excluding hydrogens is 442 g/mol. The first kappa shape index (κ1) is 25.2. The van der Waals surface area contributed by atoms with Crippen molar-refractivity contribution in [2.24, 2.45) is 0 Å². The van der Waals surface area contributed by atoms with Crippen LogP contribution in [0.5, 0.6) is 5.75 Å². The molecule has 1 aliphatic rings. The Morgan fingerprint density at radius 2 is 1.82 bits per heavy atom. The van der Waals surface area contributed by atoms with E-state index in [4.69, 9.17) is 9.47 Å². The van der Waals surface area contributed by atoms with Crippen LogP contribution >= 0.6 is 0 Å². The Labute approximate surface area is 196 Å². The lowest BCUT2D eigenvalue weighted by Crippen LogP contribution is -2.41. The van der Waals surface area contributed by atoms with Crippen molar-refractivity contribution in [1.82, 2.24) is 9.21 Å². The lowest BCUT2D eigenvalue weighted by molar-refractivity contribution is -0.120. The lowest BCUT2D eigenvalue weighted by atomic mass is 10.2. The number of nitrogens with one attached hydrogen (secondary N) is 1. The van der Waals surface area contributed by atoms with Crippen molar-refractivity contribution in [1.29, 1.82) is 0 Å². The summed E-state index contributed by atoms with van der Waals surface area (Å²) in [5.41, 5.74) is 2.26. The van der Waals surface area contributed by atoms with E-state index in [9.17, 15) is 13.2 Å². The number of aryl methyl sites for hydroxylation is 2. The summed E-state index contributed by atoms with van der Waals surface area (Å²) in [4.78, 5) is 14.9. The summed E-state index contributed by atoms with van der Waals surface area (Å²) in [7, 11) is -1.80.